The van der Waals surface area contributed by atoms with E-state index in [1.54, 1.807) is 24.6 Å². The molecule has 0 radical (unpaired) electrons. The minimum absolute atomic E-state index is 1.36. The van der Waals surface area contributed by atoms with E-state index in [1.165, 1.54) is 122 Å². The molecule has 0 N–H and O–H groups in total. The van der Waals surface area contributed by atoms with Gasteiger partial charge in [-0.15, -0.1) is 0 Å². The van der Waals surface area contributed by atoms with Crippen LogP contribution in [0.5, 0.6) is 0 Å². The molecule has 0 bridgehead atoms. The molecule has 178 valence electrons. The van der Waals surface area contributed by atoms with Crippen molar-refractivity contribution in [2.75, 3.05) is 24.6 Å². The number of hydrogen-bond acceptors (Lipinski definition) is 0. The fraction of sp³-hybridized carbons (Fsp3) is 1.00. The summed E-state index contributed by atoms with van der Waals surface area (Å²) >= 11 is 4.68. The van der Waals surface area contributed by atoms with Crippen LogP contribution in [0.3, 0.4) is 0 Å². The average molecular weight is 494 g/mol. The van der Waals surface area contributed by atoms with Gasteiger partial charge in [-0.25, -0.2) is 0 Å². The zero-order valence-corrected chi connectivity index (χ0v) is 23.6. The van der Waals surface area contributed by atoms with Crippen LogP contribution in [0.2, 0.25) is 0 Å². The van der Waals surface area contributed by atoms with Crippen molar-refractivity contribution in [2.45, 2.75) is 150 Å². The summed E-state index contributed by atoms with van der Waals surface area (Å²) in [5.41, 5.74) is 0. The third-order valence-electron chi connectivity index (χ3n) is 7.03. The Kier molecular flexibility index (Phi) is 20.2. The zero-order chi connectivity index (χ0) is 21.7. The molecule has 0 unspecified atom stereocenters. The summed E-state index contributed by atoms with van der Waals surface area (Å²) in [6, 6.07) is 0. The molecule has 0 heterocycles. The SMILES string of the molecule is CCCCCCCP(Br)(CCCCCC)(CCCCCCC)CCCCCCC. The van der Waals surface area contributed by atoms with Gasteiger partial charge in [-0.3, -0.25) is 0 Å². The third kappa shape index (κ3) is 16.2. The molecule has 29 heavy (non-hydrogen) atoms. The second kappa shape index (κ2) is 19.6. The van der Waals surface area contributed by atoms with Crippen LogP contribution in [0.25, 0.3) is 0 Å². The molecule has 0 fully saturated rings. The van der Waals surface area contributed by atoms with Gasteiger partial charge in [0.1, 0.15) is 0 Å². The summed E-state index contributed by atoms with van der Waals surface area (Å²) in [4.78, 5) is 0. The zero-order valence-electron chi connectivity index (χ0n) is 21.1. The second-order valence-electron chi connectivity index (χ2n) is 10.0. The molecule has 0 aromatic heterocycles. The Morgan fingerprint density at radius 2 is 0.552 bits per heavy atom. The van der Waals surface area contributed by atoms with E-state index in [1.807, 2.05) is 0 Å². The molecule has 0 aliphatic heterocycles. The van der Waals surface area contributed by atoms with Gasteiger partial charge < -0.3 is 0 Å². The Hall–Kier alpha value is 0.910. The van der Waals surface area contributed by atoms with Crippen LogP contribution in [0.1, 0.15) is 150 Å². The Morgan fingerprint density at radius 3 is 0.793 bits per heavy atom. The number of unbranched alkanes of at least 4 members (excludes halogenated alkanes) is 15. The molecule has 0 nitrogen and oxygen atoms in total. The topological polar surface area (TPSA) is 0 Å². The van der Waals surface area contributed by atoms with Crippen molar-refractivity contribution in [3.8, 4) is 0 Å². The number of halogens is 1. The van der Waals surface area contributed by atoms with Crippen molar-refractivity contribution in [1.82, 2.24) is 0 Å². The van der Waals surface area contributed by atoms with E-state index in [0.717, 1.165) is 0 Å². The van der Waals surface area contributed by atoms with Gasteiger partial charge in [0.15, 0.2) is 0 Å². The Balaban J connectivity index is 4.96. The van der Waals surface area contributed by atoms with Crippen LogP contribution >= 0.6 is 20.8 Å². The Bertz CT molecular complexity index is 303. The van der Waals surface area contributed by atoms with Crippen molar-refractivity contribution >= 4 is 20.8 Å². The van der Waals surface area contributed by atoms with E-state index >= 15 is 0 Å². The van der Waals surface area contributed by atoms with Gasteiger partial charge in [0, 0.05) is 0 Å². The number of hydrogen-bond donors (Lipinski definition) is 0. The van der Waals surface area contributed by atoms with Crippen LogP contribution in [0.15, 0.2) is 0 Å². The molecule has 0 spiro atoms. The van der Waals surface area contributed by atoms with Crippen LogP contribution in [0, 0.1) is 0 Å². The molecule has 0 aliphatic rings. The molecule has 0 rings (SSSR count). The van der Waals surface area contributed by atoms with E-state index in [4.69, 9.17) is 0 Å². The molecule has 0 saturated heterocycles. The predicted octanol–water partition coefficient (Wildman–Crippen LogP) is 11.3. The first-order chi connectivity index (χ1) is 14.0. The molecule has 0 aromatic rings. The maximum absolute atomic E-state index is 4.68. The minimum atomic E-state index is -1.71. The van der Waals surface area contributed by atoms with E-state index < -0.39 is 5.31 Å². The van der Waals surface area contributed by atoms with Gasteiger partial charge >= 0.3 is 195 Å². The summed E-state index contributed by atoms with van der Waals surface area (Å²) < 4.78 is 0. The number of rotatable bonds is 23. The maximum atomic E-state index is 4.68. The molecule has 0 atom stereocenters. The normalized spacial score (nSPS) is 13.5. The average Bonchev–Trinajstić information content (AvgIpc) is 2.71. The van der Waals surface area contributed by atoms with Crippen molar-refractivity contribution in [3.63, 3.8) is 0 Å². The van der Waals surface area contributed by atoms with Gasteiger partial charge in [-0.1, -0.05) is 0 Å². The Labute approximate surface area is 194 Å². The van der Waals surface area contributed by atoms with Gasteiger partial charge in [-0.2, -0.15) is 0 Å². The standard InChI is InChI=1S/C27H58BrP/c1-5-9-13-17-21-25-29(28,24-20-16-12-8-4,26-22-18-14-10-6-2)27-23-19-15-11-7-3/h5-27H2,1-4H3. The van der Waals surface area contributed by atoms with Gasteiger partial charge in [-0.05, 0) is 0 Å². The summed E-state index contributed by atoms with van der Waals surface area (Å²) in [6.45, 7) is 9.36. The fourth-order valence-corrected chi connectivity index (χ4v) is 13.3. The van der Waals surface area contributed by atoms with E-state index in [2.05, 4.69) is 43.2 Å². The molecule has 0 aromatic carbocycles. The van der Waals surface area contributed by atoms with Crippen molar-refractivity contribution < 1.29 is 0 Å². The van der Waals surface area contributed by atoms with Crippen LogP contribution < -0.4 is 0 Å². The van der Waals surface area contributed by atoms with Crippen molar-refractivity contribution in [3.05, 3.63) is 0 Å². The van der Waals surface area contributed by atoms with Gasteiger partial charge in [0.2, 0.25) is 0 Å². The molecular formula is C27H58BrP. The third-order valence-corrected chi connectivity index (χ3v) is 17.0. The van der Waals surface area contributed by atoms with E-state index in [0.29, 0.717) is 0 Å². The molecule has 2 heteroatoms. The van der Waals surface area contributed by atoms with Gasteiger partial charge in [0.25, 0.3) is 0 Å². The van der Waals surface area contributed by atoms with Crippen LogP contribution in [-0.4, -0.2) is 24.6 Å². The van der Waals surface area contributed by atoms with Crippen LogP contribution in [0.4, 0.5) is 0 Å². The molecule has 0 aliphatic carbocycles. The predicted molar refractivity (Wildman–Crippen MR) is 146 cm³/mol. The van der Waals surface area contributed by atoms with Crippen molar-refractivity contribution in [2.24, 2.45) is 0 Å². The second-order valence-corrected chi connectivity index (χ2v) is 21.5. The van der Waals surface area contributed by atoms with Crippen LogP contribution in [-0.2, 0) is 0 Å². The first-order valence-corrected chi connectivity index (χ1v) is 18.8. The summed E-state index contributed by atoms with van der Waals surface area (Å²) in [6.07, 6.45) is 33.6. The monoisotopic (exact) mass is 492 g/mol. The Morgan fingerprint density at radius 1 is 0.345 bits per heavy atom. The van der Waals surface area contributed by atoms with E-state index in [-0.39, 0.29) is 0 Å². The summed E-state index contributed by atoms with van der Waals surface area (Å²) in [5, 5.41) is -1.71. The van der Waals surface area contributed by atoms with E-state index in [9.17, 15) is 0 Å². The molecule has 0 amide bonds. The fourth-order valence-electron chi connectivity index (χ4n) is 4.94. The van der Waals surface area contributed by atoms with Crippen molar-refractivity contribution in [1.29, 1.82) is 0 Å². The molecular weight excluding hydrogens is 435 g/mol. The summed E-state index contributed by atoms with van der Waals surface area (Å²) in [5.74, 6) is 0. The first kappa shape index (κ1) is 29.9. The molecule has 0 saturated carbocycles. The van der Waals surface area contributed by atoms with Gasteiger partial charge in [0.05, 0.1) is 0 Å². The quantitative estimate of drug-likeness (QED) is 0.0980. The summed E-state index contributed by atoms with van der Waals surface area (Å²) in [7, 11) is 0. The first-order valence-electron chi connectivity index (χ1n) is 13.8.